The summed E-state index contributed by atoms with van der Waals surface area (Å²) in [5.74, 6) is -2.51. The number of hydrogen-bond acceptors (Lipinski definition) is 3. The Kier molecular flexibility index (Phi) is 6.08. The smallest absolute Gasteiger partial charge is 0.257 e. The molecule has 0 saturated carbocycles. The molecule has 1 aliphatic heterocycles. The van der Waals surface area contributed by atoms with Crippen LogP contribution in [-0.4, -0.2) is 31.1 Å². The first-order chi connectivity index (χ1) is 13.0. The summed E-state index contributed by atoms with van der Waals surface area (Å²) in [5, 5.41) is 5.25. The minimum absolute atomic E-state index is 0.0184. The van der Waals surface area contributed by atoms with E-state index >= 15 is 0 Å². The van der Waals surface area contributed by atoms with E-state index in [1.165, 1.54) is 12.1 Å². The Balaban J connectivity index is 1.76. The predicted molar refractivity (Wildman–Crippen MR) is 95.1 cm³/mol. The predicted octanol–water partition coefficient (Wildman–Crippen LogP) is 3.48. The molecule has 0 radical (unpaired) electrons. The van der Waals surface area contributed by atoms with Gasteiger partial charge in [-0.2, -0.15) is 0 Å². The maximum absolute atomic E-state index is 13.4. The number of rotatable bonds is 4. The molecule has 1 fully saturated rings. The Hall–Kier alpha value is -2.87. The van der Waals surface area contributed by atoms with Gasteiger partial charge in [0.15, 0.2) is 0 Å². The van der Waals surface area contributed by atoms with Gasteiger partial charge in [0.2, 0.25) is 5.96 Å². The zero-order chi connectivity index (χ0) is 19.2. The first kappa shape index (κ1) is 18.9. The van der Waals surface area contributed by atoms with E-state index in [9.17, 15) is 18.0 Å². The van der Waals surface area contributed by atoms with Crippen molar-refractivity contribution in [1.29, 1.82) is 0 Å². The number of carbonyl (C=O) groups is 1. The van der Waals surface area contributed by atoms with Gasteiger partial charge in [-0.3, -0.25) is 10.1 Å². The minimum atomic E-state index is -0.763. The summed E-state index contributed by atoms with van der Waals surface area (Å²) >= 11 is 0. The average molecular weight is 377 g/mol. The molecule has 2 aromatic rings. The van der Waals surface area contributed by atoms with Crippen LogP contribution in [0.25, 0.3) is 0 Å². The molecule has 2 aromatic carbocycles. The van der Waals surface area contributed by atoms with Crippen molar-refractivity contribution in [3.63, 3.8) is 0 Å². The van der Waals surface area contributed by atoms with Crippen LogP contribution in [0, 0.1) is 17.5 Å². The van der Waals surface area contributed by atoms with Gasteiger partial charge < -0.3 is 10.1 Å². The standard InChI is InChI=1S/C19H18F3N3O2/c20-13-5-3-12(4-6-13)18(26)25-19(23-11-17-2-1-7-27-17)24-16-9-14(21)8-15(22)10-16/h3-6,8-10,17H,1-2,7,11H2,(H2,23,24,25,26)/t17-/m0/s1. The third kappa shape index (κ3) is 5.55. The van der Waals surface area contributed by atoms with Crippen molar-refractivity contribution in [2.45, 2.75) is 18.9 Å². The van der Waals surface area contributed by atoms with Crippen molar-refractivity contribution >= 4 is 17.6 Å². The van der Waals surface area contributed by atoms with Gasteiger partial charge in [0.05, 0.1) is 12.6 Å². The molecule has 1 heterocycles. The molecule has 2 N–H and O–H groups in total. The number of halogens is 3. The number of hydrogen-bond donors (Lipinski definition) is 2. The van der Waals surface area contributed by atoms with Crippen LogP contribution in [0.1, 0.15) is 23.2 Å². The summed E-state index contributed by atoms with van der Waals surface area (Å²) in [4.78, 5) is 16.6. The van der Waals surface area contributed by atoms with Crippen LogP contribution in [0.3, 0.4) is 0 Å². The summed E-state index contributed by atoms with van der Waals surface area (Å²) in [6.07, 6.45) is 1.70. The highest BCUT2D eigenvalue weighted by Crippen LogP contribution is 2.14. The van der Waals surface area contributed by atoms with Crippen LogP contribution in [0.15, 0.2) is 47.5 Å². The van der Waals surface area contributed by atoms with Gasteiger partial charge in [0.25, 0.3) is 5.91 Å². The van der Waals surface area contributed by atoms with Gasteiger partial charge in [-0.05, 0) is 49.2 Å². The minimum Gasteiger partial charge on any atom is -0.376 e. The molecule has 8 heteroatoms. The van der Waals surface area contributed by atoms with Crippen molar-refractivity contribution in [2.75, 3.05) is 18.5 Å². The Labute approximate surface area is 154 Å². The topological polar surface area (TPSA) is 62.7 Å². The second-order valence-electron chi connectivity index (χ2n) is 6.07. The van der Waals surface area contributed by atoms with Gasteiger partial charge >= 0.3 is 0 Å². The molecule has 0 bridgehead atoms. The average Bonchev–Trinajstić information content (AvgIpc) is 3.13. The van der Waals surface area contributed by atoms with Gasteiger partial charge in [0, 0.05) is 23.9 Å². The van der Waals surface area contributed by atoms with E-state index in [4.69, 9.17) is 4.74 Å². The number of nitrogens with zero attached hydrogens (tertiary/aromatic N) is 1. The molecule has 27 heavy (non-hydrogen) atoms. The van der Waals surface area contributed by atoms with Crippen LogP contribution in [0.5, 0.6) is 0 Å². The van der Waals surface area contributed by atoms with E-state index in [0.29, 0.717) is 6.61 Å². The molecule has 142 valence electrons. The summed E-state index contributed by atoms with van der Waals surface area (Å²) in [7, 11) is 0. The first-order valence-corrected chi connectivity index (χ1v) is 8.46. The van der Waals surface area contributed by atoms with Crippen molar-refractivity contribution in [1.82, 2.24) is 5.32 Å². The number of amides is 1. The van der Waals surface area contributed by atoms with Crippen LogP contribution < -0.4 is 10.6 Å². The SMILES string of the molecule is O=C(NC(=NC[C@@H]1CCCO1)Nc1cc(F)cc(F)c1)c1ccc(F)cc1. The number of ether oxygens (including phenoxy) is 1. The maximum Gasteiger partial charge on any atom is 0.257 e. The van der Waals surface area contributed by atoms with Gasteiger partial charge in [-0.1, -0.05) is 0 Å². The molecule has 5 nitrogen and oxygen atoms in total. The lowest BCUT2D eigenvalue weighted by molar-refractivity contribution is 0.0975. The quantitative estimate of drug-likeness (QED) is 0.633. The zero-order valence-corrected chi connectivity index (χ0v) is 14.3. The second-order valence-corrected chi connectivity index (χ2v) is 6.07. The summed E-state index contributed by atoms with van der Waals surface area (Å²) < 4.78 is 45.3. The molecule has 0 aliphatic carbocycles. The highest BCUT2D eigenvalue weighted by atomic mass is 19.1. The highest BCUT2D eigenvalue weighted by Gasteiger charge is 2.16. The van der Waals surface area contributed by atoms with Crippen LogP contribution >= 0.6 is 0 Å². The lowest BCUT2D eigenvalue weighted by Gasteiger charge is -2.13. The van der Waals surface area contributed by atoms with E-state index < -0.39 is 23.4 Å². The molecule has 1 aliphatic rings. The molecular formula is C19H18F3N3O2. The fourth-order valence-corrected chi connectivity index (χ4v) is 2.64. The number of carbonyl (C=O) groups excluding carboxylic acids is 1. The largest absolute Gasteiger partial charge is 0.376 e. The van der Waals surface area contributed by atoms with Crippen molar-refractivity contribution in [3.05, 3.63) is 65.5 Å². The molecule has 0 aromatic heterocycles. The van der Waals surface area contributed by atoms with Crippen LogP contribution in [0.2, 0.25) is 0 Å². The fraction of sp³-hybridized carbons (Fsp3) is 0.263. The molecule has 1 amide bonds. The van der Waals surface area contributed by atoms with Gasteiger partial charge in [-0.15, -0.1) is 0 Å². The Morgan fingerprint density at radius 3 is 2.41 bits per heavy atom. The number of anilines is 1. The van der Waals surface area contributed by atoms with E-state index in [1.807, 2.05) is 0 Å². The summed E-state index contributed by atoms with van der Waals surface area (Å²) in [6.45, 7) is 0.934. The van der Waals surface area contributed by atoms with Crippen LogP contribution in [-0.2, 0) is 4.74 Å². The third-order valence-electron chi connectivity index (χ3n) is 3.94. The number of benzene rings is 2. The van der Waals surface area contributed by atoms with E-state index in [2.05, 4.69) is 15.6 Å². The lowest BCUT2D eigenvalue weighted by atomic mass is 10.2. The van der Waals surface area contributed by atoms with Gasteiger partial charge in [-0.25, -0.2) is 18.2 Å². The van der Waals surface area contributed by atoms with E-state index in [1.54, 1.807) is 0 Å². The maximum atomic E-state index is 13.4. The fourth-order valence-electron chi connectivity index (χ4n) is 2.64. The van der Waals surface area contributed by atoms with Crippen molar-refractivity contribution < 1.29 is 22.7 Å². The number of guanidine groups is 1. The van der Waals surface area contributed by atoms with Crippen LogP contribution in [0.4, 0.5) is 18.9 Å². The third-order valence-corrected chi connectivity index (χ3v) is 3.94. The molecular weight excluding hydrogens is 359 g/mol. The molecule has 1 atom stereocenters. The number of nitrogens with one attached hydrogen (secondary N) is 2. The molecule has 1 saturated heterocycles. The highest BCUT2D eigenvalue weighted by molar-refractivity contribution is 6.09. The van der Waals surface area contributed by atoms with Crippen molar-refractivity contribution in [2.24, 2.45) is 4.99 Å². The molecule has 0 unspecified atom stereocenters. The summed E-state index contributed by atoms with van der Waals surface area (Å²) in [6, 6.07) is 7.87. The Morgan fingerprint density at radius 2 is 1.78 bits per heavy atom. The lowest BCUT2D eigenvalue weighted by Crippen LogP contribution is -2.36. The molecule has 3 rings (SSSR count). The van der Waals surface area contributed by atoms with E-state index in [-0.39, 0.29) is 29.9 Å². The Morgan fingerprint density at radius 1 is 1.07 bits per heavy atom. The molecule has 0 spiro atoms. The monoisotopic (exact) mass is 377 g/mol. The number of aliphatic imine (C=N–C) groups is 1. The summed E-state index contributed by atoms with van der Waals surface area (Å²) in [5.41, 5.74) is 0.312. The van der Waals surface area contributed by atoms with Gasteiger partial charge in [0.1, 0.15) is 17.5 Å². The Bertz CT molecular complexity index is 814. The van der Waals surface area contributed by atoms with Crippen molar-refractivity contribution in [3.8, 4) is 0 Å². The van der Waals surface area contributed by atoms with E-state index in [0.717, 1.165) is 43.2 Å². The second kappa shape index (κ2) is 8.68. The normalized spacial score (nSPS) is 17.0. The first-order valence-electron chi connectivity index (χ1n) is 8.46. The zero-order valence-electron chi connectivity index (χ0n) is 14.3.